The number of alkyl halides is 3. The summed E-state index contributed by atoms with van der Waals surface area (Å²) in [5, 5.41) is 21.3. The number of benzene rings is 1. The topological polar surface area (TPSA) is 74.6 Å². The predicted octanol–water partition coefficient (Wildman–Crippen LogP) is 5.80. The van der Waals surface area contributed by atoms with Gasteiger partial charge in [0.25, 0.3) is 0 Å². The van der Waals surface area contributed by atoms with Crippen LogP contribution >= 0.6 is 0 Å². The second-order valence-corrected chi connectivity index (χ2v) is 7.96. The number of carbonyl (C=O) groups excluding carboxylic acids is 2. The molecule has 0 saturated heterocycles. The maximum Gasteiger partial charge on any atom is 0.416 e. The molecular weight excluding hydrogens is 397 g/mol. The van der Waals surface area contributed by atoms with Crippen LogP contribution in [0.4, 0.5) is 13.2 Å². The Morgan fingerprint density at radius 1 is 1.10 bits per heavy atom. The first kappa shape index (κ1) is 22.1. The van der Waals surface area contributed by atoms with Crippen molar-refractivity contribution in [3.63, 3.8) is 0 Å². The number of halogens is 3. The molecule has 1 saturated carbocycles. The minimum absolute atomic E-state index is 0.177. The van der Waals surface area contributed by atoms with Crippen molar-refractivity contribution < 1.29 is 33.0 Å². The molecule has 0 spiro atoms. The van der Waals surface area contributed by atoms with Crippen LogP contribution in [0.1, 0.15) is 63.5 Å². The Labute approximate surface area is 173 Å². The van der Waals surface area contributed by atoms with Gasteiger partial charge in [0.1, 0.15) is 17.1 Å². The van der Waals surface area contributed by atoms with Crippen LogP contribution in [0, 0.1) is 11.3 Å². The number of hydrogen-bond donors (Lipinski definition) is 2. The first-order chi connectivity index (χ1) is 14.0. The van der Waals surface area contributed by atoms with Gasteiger partial charge in [-0.05, 0) is 49.3 Å². The van der Waals surface area contributed by atoms with E-state index in [2.05, 4.69) is 0 Å². The molecule has 0 aromatic heterocycles. The van der Waals surface area contributed by atoms with Crippen molar-refractivity contribution in [2.75, 3.05) is 0 Å². The Morgan fingerprint density at radius 3 is 2.13 bits per heavy atom. The SMILES string of the molecule is CCC1=C(O)C(CC)(CC)C(=O)C(C(=O)C2CC2c2ccc(C(F)(F)F)cc2)=C1O. The van der Waals surface area contributed by atoms with Gasteiger partial charge in [0.15, 0.2) is 11.6 Å². The third kappa shape index (κ3) is 3.34. The first-order valence-electron chi connectivity index (χ1n) is 10.2. The maximum absolute atomic E-state index is 13.2. The number of allylic oxidation sites excluding steroid dienone is 3. The van der Waals surface area contributed by atoms with Crippen molar-refractivity contribution >= 4 is 11.6 Å². The van der Waals surface area contributed by atoms with E-state index < -0.39 is 40.4 Å². The molecule has 1 aromatic rings. The molecule has 2 unspecified atom stereocenters. The fourth-order valence-electron chi connectivity index (χ4n) is 4.43. The largest absolute Gasteiger partial charge is 0.511 e. The third-order valence-corrected chi connectivity index (χ3v) is 6.52. The number of Topliss-reactive ketones (excluding diaryl/α,β-unsaturated/α-hetero) is 2. The Balaban J connectivity index is 1.92. The van der Waals surface area contributed by atoms with Crippen molar-refractivity contribution in [3.8, 4) is 0 Å². The molecule has 162 valence electrons. The molecule has 4 nitrogen and oxygen atoms in total. The van der Waals surface area contributed by atoms with Crippen molar-refractivity contribution in [1.82, 2.24) is 0 Å². The van der Waals surface area contributed by atoms with Crippen molar-refractivity contribution in [1.29, 1.82) is 0 Å². The molecule has 7 heteroatoms. The Kier molecular flexibility index (Phi) is 5.60. The molecule has 0 bridgehead atoms. The molecule has 0 radical (unpaired) electrons. The lowest BCUT2D eigenvalue weighted by molar-refractivity contribution is -0.137. The standard InChI is InChI=1S/C23H25F3O4/c1-4-14-18(27)17(21(30)22(5-2,6-3)20(14)29)19(28)16-11-15(16)12-7-9-13(10-8-12)23(24,25)26/h7-10,15-16,27,29H,4-6,11H2,1-3H3. The molecule has 2 aliphatic carbocycles. The molecule has 2 aliphatic rings. The first-order valence-corrected chi connectivity index (χ1v) is 10.2. The Bertz CT molecular complexity index is 934. The summed E-state index contributed by atoms with van der Waals surface area (Å²) in [7, 11) is 0. The van der Waals surface area contributed by atoms with Crippen LogP contribution in [-0.4, -0.2) is 21.8 Å². The molecular formula is C23H25F3O4. The van der Waals surface area contributed by atoms with Gasteiger partial charge in [-0.3, -0.25) is 9.59 Å². The zero-order chi connectivity index (χ0) is 22.4. The zero-order valence-corrected chi connectivity index (χ0v) is 17.1. The van der Waals surface area contributed by atoms with E-state index in [1.54, 1.807) is 20.8 Å². The summed E-state index contributed by atoms with van der Waals surface area (Å²) in [6.07, 6.45) is -3.20. The summed E-state index contributed by atoms with van der Waals surface area (Å²) >= 11 is 0. The average molecular weight is 422 g/mol. The highest BCUT2D eigenvalue weighted by Crippen LogP contribution is 2.52. The molecule has 2 atom stereocenters. The number of aliphatic hydroxyl groups is 2. The van der Waals surface area contributed by atoms with Gasteiger partial charge in [0, 0.05) is 11.5 Å². The van der Waals surface area contributed by atoms with Crippen LogP contribution < -0.4 is 0 Å². The van der Waals surface area contributed by atoms with Crippen LogP contribution in [0.2, 0.25) is 0 Å². The lowest BCUT2D eigenvalue weighted by Crippen LogP contribution is -2.40. The van der Waals surface area contributed by atoms with Gasteiger partial charge in [-0.25, -0.2) is 0 Å². The zero-order valence-electron chi connectivity index (χ0n) is 17.1. The van der Waals surface area contributed by atoms with E-state index in [0.717, 1.165) is 12.1 Å². The Morgan fingerprint density at radius 2 is 1.67 bits per heavy atom. The molecule has 0 amide bonds. The minimum Gasteiger partial charge on any atom is -0.511 e. The minimum atomic E-state index is -4.43. The van der Waals surface area contributed by atoms with E-state index >= 15 is 0 Å². The summed E-state index contributed by atoms with van der Waals surface area (Å²) < 4.78 is 38.3. The summed E-state index contributed by atoms with van der Waals surface area (Å²) in [6, 6.07) is 4.66. The summed E-state index contributed by atoms with van der Waals surface area (Å²) in [6.45, 7) is 5.22. The van der Waals surface area contributed by atoms with Crippen molar-refractivity contribution in [2.24, 2.45) is 11.3 Å². The normalized spacial score (nSPS) is 23.7. The van der Waals surface area contributed by atoms with E-state index in [9.17, 15) is 33.0 Å². The average Bonchev–Trinajstić information content (AvgIpc) is 3.50. The van der Waals surface area contributed by atoms with E-state index in [4.69, 9.17) is 0 Å². The van der Waals surface area contributed by atoms with Crippen LogP contribution in [-0.2, 0) is 15.8 Å². The van der Waals surface area contributed by atoms with Crippen LogP contribution in [0.5, 0.6) is 0 Å². The van der Waals surface area contributed by atoms with Gasteiger partial charge in [0.05, 0.1) is 11.0 Å². The number of aliphatic hydroxyl groups excluding tert-OH is 2. The van der Waals surface area contributed by atoms with E-state index in [-0.39, 0.29) is 42.1 Å². The van der Waals surface area contributed by atoms with Crippen LogP contribution in [0.15, 0.2) is 46.9 Å². The van der Waals surface area contributed by atoms with Gasteiger partial charge in [0.2, 0.25) is 0 Å². The highest BCUT2D eigenvalue weighted by atomic mass is 19.4. The quantitative estimate of drug-likeness (QED) is 0.568. The van der Waals surface area contributed by atoms with Gasteiger partial charge in [-0.1, -0.05) is 32.9 Å². The van der Waals surface area contributed by atoms with Crippen LogP contribution in [0.3, 0.4) is 0 Å². The number of ketones is 2. The molecule has 30 heavy (non-hydrogen) atoms. The van der Waals surface area contributed by atoms with Crippen molar-refractivity contribution in [3.05, 3.63) is 58.1 Å². The fraction of sp³-hybridized carbons (Fsp3) is 0.478. The molecule has 1 fully saturated rings. The van der Waals surface area contributed by atoms with Crippen LogP contribution in [0.25, 0.3) is 0 Å². The monoisotopic (exact) mass is 422 g/mol. The van der Waals surface area contributed by atoms with E-state index in [0.29, 0.717) is 12.0 Å². The molecule has 1 aromatic carbocycles. The lowest BCUT2D eigenvalue weighted by atomic mass is 9.67. The smallest absolute Gasteiger partial charge is 0.416 e. The summed E-state index contributed by atoms with van der Waals surface area (Å²) in [4.78, 5) is 26.4. The highest BCUT2D eigenvalue weighted by molar-refractivity contribution is 6.25. The van der Waals surface area contributed by atoms with Gasteiger partial charge < -0.3 is 10.2 Å². The lowest BCUT2D eigenvalue weighted by Gasteiger charge is -2.35. The fourth-order valence-corrected chi connectivity index (χ4v) is 4.43. The molecule has 0 aliphatic heterocycles. The van der Waals surface area contributed by atoms with Gasteiger partial charge in [-0.2, -0.15) is 13.2 Å². The number of hydrogen-bond acceptors (Lipinski definition) is 4. The summed E-state index contributed by atoms with van der Waals surface area (Å²) in [5.41, 5.74) is -1.49. The van der Waals surface area contributed by atoms with Gasteiger partial charge >= 0.3 is 6.18 Å². The summed E-state index contributed by atoms with van der Waals surface area (Å²) in [5.74, 6) is -2.61. The number of carbonyl (C=O) groups is 2. The third-order valence-electron chi connectivity index (χ3n) is 6.52. The number of rotatable bonds is 6. The Hall–Kier alpha value is -2.57. The van der Waals surface area contributed by atoms with Gasteiger partial charge in [-0.15, -0.1) is 0 Å². The second kappa shape index (κ2) is 7.60. The molecule has 3 rings (SSSR count). The predicted molar refractivity (Wildman–Crippen MR) is 105 cm³/mol. The molecule has 2 N–H and O–H groups in total. The second-order valence-electron chi connectivity index (χ2n) is 7.96. The molecule has 0 heterocycles. The van der Waals surface area contributed by atoms with E-state index in [1.165, 1.54) is 12.1 Å². The highest BCUT2D eigenvalue weighted by Gasteiger charge is 2.53. The van der Waals surface area contributed by atoms with E-state index in [1.807, 2.05) is 0 Å². The maximum atomic E-state index is 13.2. The van der Waals surface area contributed by atoms with Crippen molar-refractivity contribution in [2.45, 2.75) is 58.5 Å².